The maximum Gasteiger partial charge on any atom is 0.0314 e. The first-order valence-electron chi connectivity index (χ1n) is 5.84. The lowest BCUT2D eigenvalue weighted by Crippen LogP contribution is -2.11. The lowest BCUT2D eigenvalue weighted by Gasteiger charge is -2.24. The molecule has 1 aromatic carbocycles. The Balaban J connectivity index is 2.35. The van der Waals surface area contributed by atoms with E-state index in [0.29, 0.717) is 11.8 Å². The van der Waals surface area contributed by atoms with Gasteiger partial charge in [0.05, 0.1) is 0 Å². The first-order valence-corrected chi connectivity index (χ1v) is 5.84. The van der Waals surface area contributed by atoms with Crippen LogP contribution in [-0.4, -0.2) is 0 Å². The lowest BCUT2D eigenvalue weighted by atomic mass is 9.81. The number of hydrogen-bond donors (Lipinski definition) is 1. The Morgan fingerprint density at radius 3 is 2.25 bits per heavy atom. The van der Waals surface area contributed by atoms with Crippen LogP contribution in [0, 0.1) is 11.8 Å². The van der Waals surface area contributed by atoms with Crippen molar-refractivity contribution in [2.45, 2.75) is 20.8 Å². The van der Waals surface area contributed by atoms with E-state index in [2.05, 4.69) is 45.1 Å². The summed E-state index contributed by atoms with van der Waals surface area (Å²) in [4.78, 5) is 0. The highest BCUT2D eigenvalue weighted by Crippen LogP contribution is 2.32. The van der Waals surface area contributed by atoms with Crippen molar-refractivity contribution < 1.29 is 0 Å². The monoisotopic (exact) mass is 213 g/mol. The average molecular weight is 213 g/mol. The summed E-state index contributed by atoms with van der Waals surface area (Å²) in [5, 5.41) is 0. The standard InChI is InChI=1S/C15H19N/c1-10-8-14(9-11(2)12(10)3)13-4-6-15(16)7-5-13/h4-10,12H,16H2,1-3H3. The molecule has 0 saturated heterocycles. The van der Waals surface area contributed by atoms with Crippen molar-refractivity contribution in [2.24, 2.45) is 11.8 Å². The Morgan fingerprint density at radius 2 is 1.69 bits per heavy atom. The van der Waals surface area contributed by atoms with Crippen molar-refractivity contribution in [1.82, 2.24) is 0 Å². The van der Waals surface area contributed by atoms with Gasteiger partial charge in [-0.25, -0.2) is 0 Å². The van der Waals surface area contributed by atoms with Crippen molar-refractivity contribution in [1.29, 1.82) is 0 Å². The zero-order valence-electron chi connectivity index (χ0n) is 10.2. The molecule has 1 heteroatoms. The molecule has 0 aliphatic heterocycles. The minimum atomic E-state index is 0.609. The fourth-order valence-electron chi connectivity index (χ4n) is 2.12. The van der Waals surface area contributed by atoms with Gasteiger partial charge in [0.15, 0.2) is 0 Å². The smallest absolute Gasteiger partial charge is 0.0314 e. The van der Waals surface area contributed by atoms with Crippen molar-refractivity contribution in [2.75, 3.05) is 5.73 Å². The molecule has 0 aromatic heterocycles. The SMILES string of the molecule is CC1=CC(c2ccc(N)cc2)=CC(C)C1C. The van der Waals surface area contributed by atoms with Crippen LogP contribution in [0.1, 0.15) is 26.3 Å². The molecule has 1 aliphatic rings. The fraction of sp³-hybridized carbons (Fsp3) is 0.333. The molecule has 84 valence electrons. The summed E-state index contributed by atoms with van der Waals surface area (Å²) >= 11 is 0. The highest BCUT2D eigenvalue weighted by atomic mass is 14.5. The highest BCUT2D eigenvalue weighted by molar-refractivity contribution is 5.76. The van der Waals surface area contributed by atoms with E-state index in [4.69, 9.17) is 5.73 Å². The van der Waals surface area contributed by atoms with Gasteiger partial charge in [0.25, 0.3) is 0 Å². The quantitative estimate of drug-likeness (QED) is 0.704. The third-order valence-corrected chi connectivity index (χ3v) is 3.58. The number of nitrogens with two attached hydrogens (primary N) is 1. The molecule has 0 spiro atoms. The normalized spacial score (nSPS) is 24.9. The maximum atomic E-state index is 5.70. The highest BCUT2D eigenvalue weighted by Gasteiger charge is 2.17. The van der Waals surface area contributed by atoms with Gasteiger partial charge in [-0.1, -0.05) is 43.7 Å². The fourth-order valence-corrected chi connectivity index (χ4v) is 2.12. The van der Waals surface area contributed by atoms with E-state index in [1.54, 1.807) is 0 Å². The molecule has 1 aliphatic carbocycles. The summed E-state index contributed by atoms with van der Waals surface area (Å²) in [5.41, 5.74) is 10.6. The second-order valence-corrected chi connectivity index (χ2v) is 4.78. The topological polar surface area (TPSA) is 26.0 Å². The maximum absolute atomic E-state index is 5.70. The van der Waals surface area contributed by atoms with Crippen molar-refractivity contribution >= 4 is 11.3 Å². The van der Waals surface area contributed by atoms with Crippen molar-refractivity contribution in [3.05, 3.63) is 47.6 Å². The van der Waals surface area contributed by atoms with E-state index in [1.165, 1.54) is 16.7 Å². The molecule has 2 rings (SSSR count). The molecule has 2 unspecified atom stereocenters. The van der Waals surface area contributed by atoms with Crippen molar-refractivity contribution in [3.63, 3.8) is 0 Å². The van der Waals surface area contributed by atoms with Crippen LogP contribution in [0.2, 0.25) is 0 Å². The molecular formula is C15H19N. The molecule has 0 fully saturated rings. The van der Waals surface area contributed by atoms with Gasteiger partial charge >= 0.3 is 0 Å². The number of anilines is 1. The van der Waals surface area contributed by atoms with Gasteiger partial charge in [-0.2, -0.15) is 0 Å². The summed E-state index contributed by atoms with van der Waals surface area (Å²) in [7, 11) is 0. The Morgan fingerprint density at radius 1 is 1.06 bits per heavy atom. The second kappa shape index (κ2) is 4.17. The summed E-state index contributed by atoms with van der Waals surface area (Å²) in [6.07, 6.45) is 4.64. The summed E-state index contributed by atoms with van der Waals surface area (Å²) in [5.74, 6) is 1.26. The van der Waals surface area contributed by atoms with Crippen LogP contribution in [0.25, 0.3) is 5.57 Å². The van der Waals surface area contributed by atoms with Gasteiger partial charge in [-0.3, -0.25) is 0 Å². The second-order valence-electron chi connectivity index (χ2n) is 4.78. The third-order valence-electron chi connectivity index (χ3n) is 3.58. The number of benzene rings is 1. The first kappa shape index (κ1) is 11.0. The Kier molecular flexibility index (Phi) is 2.86. The summed E-state index contributed by atoms with van der Waals surface area (Å²) < 4.78 is 0. The Bertz CT molecular complexity index is 437. The number of hydrogen-bond acceptors (Lipinski definition) is 1. The average Bonchev–Trinajstić information content (AvgIpc) is 2.26. The zero-order valence-corrected chi connectivity index (χ0v) is 10.2. The predicted octanol–water partition coefficient (Wildman–Crippen LogP) is 3.88. The Labute approximate surface area is 97.7 Å². The largest absolute Gasteiger partial charge is 0.399 e. The van der Waals surface area contributed by atoms with Crippen LogP contribution in [-0.2, 0) is 0 Å². The molecule has 2 N–H and O–H groups in total. The molecular weight excluding hydrogens is 194 g/mol. The van der Waals surface area contributed by atoms with Gasteiger partial charge in [0.1, 0.15) is 0 Å². The molecule has 0 radical (unpaired) electrons. The number of nitrogen functional groups attached to an aromatic ring is 1. The van der Waals surface area contributed by atoms with E-state index in [1.807, 2.05) is 12.1 Å². The minimum absolute atomic E-state index is 0.609. The molecule has 16 heavy (non-hydrogen) atoms. The van der Waals surface area contributed by atoms with Gasteiger partial charge in [-0.05, 0) is 42.0 Å². The minimum Gasteiger partial charge on any atom is -0.399 e. The molecule has 1 aromatic rings. The third kappa shape index (κ3) is 2.04. The first-order chi connectivity index (χ1) is 7.58. The molecule has 0 amide bonds. The predicted molar refractivity (Wildman–Crippen MR) is 70.9 cm³/mol. The Hall–Kier alpha value is -1.50. The van der Waals surface area contributed by atoms with Gasteiger partial charge in [0, 0.05) is 5.69 Å². The van der Waals surface area contributed by atoms with Gasteiger partial charge in [-0.15, -0.1) is 0 Å². The van der Waals surface area contributed by atoms with E-state index in [-0.39, 0.29) is 0 Å². The van der Waals surface area contributed by atoms with Crippen molar-refractivity contribution in [3.8, 4) is 0 Å². The molecule has 0 heterocycles. The van der Waals surface area contributed by atoms with Crippen LogP contribution < -0.4 is 5.73 Å². The van der Waals surface area contributed by atoms with E-state index < -0.39 is 0 Å². The van der Waals surface area contributed by atoms with E-state index in [9.17, 15) is 0 Å². The summed E-state index contributed by atoms with van der Waals surface area (Å²) in [6, 6.07) is 8.10. The van der Waals surface area contributed by atoms with Gasteiger partial charge < -0.3 is 5.73 Å². The number of rotatable bonds is 1. The van der Waals surface area contributed by atoms with Crippen LogP contribution in [0.4, 0.5) is 5.69 Å². The van der Waals surface area contributed by atoms with Crippen LogP contribution in [0.5, 0.6) is 0 Å². The van der Waals surface area contributed by atoms with Crippen LogP contribution >= 0.6 is 0 Å². The number of allylic oxidation sites excluding steroid dienone is 4. The van der Waals surface area contributed by atoms with Crippen LogP contribution in [0.3, 0.4) is 0 Å². The zero-order chi connectivity index (χ0) is 11.7. The van der Waals surface area contributed by atoms with Crippen LogP contribution in [0.15, 0.2) is 42.0 Å². The lowest BCUT2D eigenvalue weighted by molar-refractivity contribution is 0.525. The molecule has 0 saturated carbocycles. The molecule has 1 nitrogen and oxygen atoms in total. The van der Waals surface area contributed by atoms with E-state index in [0.717, 1.165) is 5.69 Å². The molecule has 2 atom stereocenters. The molecule has 0 bridgehead atoms. The van der Waals surface area contributed by atoms with Gasteiger partial charge in [0.2, 0.25) is 0 Å². The van der Waals surface area contributed by atoms with E-state index >= 15 is 0 Å². The summed E-state index contributed by atoms with van der Waals surface area (Å²) in [6.45, 7) is 6.77.